The number of hydrogen-bond donors (Lipinski definition) is 1. The van der Waals surface area contributed by atoms with Crippen LogP contribution in [0.25, 0.3) is 0 Å². The molecule has 0 unspecified atom stereocenters. The van der Waals surface area contributed by atoms with Gasteiger partial charge in [0.15, 0.2) is 0 Å². The molecule has 0 fully saturated rings. The van der Waals surface area contributed by atoms with E-state index in [1.165, 1.54) is 0 Å². The Balaban J connectivity index is 2.02. The minimum Gasteiger partial charge on any atom is -0.492 e. The van der Waals surface area contributed by atoms with E-state index in [-0.39, 0.29) is 0 Å². The quantitative estimate of drug-likeness (QED) is 0.618. The Morgan fingerprint density at radius 3 is 2.52 bits per heavy atom. The fraction of sp³-hybridized carbons (Fsp3) is 0.625. The molecule has 3 nitrogen and oxygen atoms in total. The van der Waals surface area contributed by atoms with E-state index < -0.39 is 0 Å². The van der Waals surface area contributed by atoms with E-state index in [1.807, 2.05) is 6.07 Å². The van der Waals surface area contributed by atoms with Crippen LogP contribution in [0.1, 0.15) is 26.7 Å². The van der Waals surface area contributed by atoms with Crippen LogP contribution >= 0.6 is 23.2 Å². The van der Waals surface area contributed by atoms with Crippen molar-refractivity contribution in [1.29, 1.82) is 0 Å². The Morgan fingerprint density at radius 2 is 1.86 bits per heavy atom. The highest BCUT2D eigenvalue weighted by atomic mass is 35.5. The lowest BCUT2D eigenvalue weighted by atomic mass is 10.3. The van der Waals surface area contributed by atoms with Gasteiger partial charge in [-0.15, -0.1) is 0 Å². The summed E-state index contributed by atoms with van der Waals surface area (Å²) in [5.74, 6) is 0.704. The van der Waals surface area contributed by atoms with E-state index in [2.05, 4.69) is 24.1 Å². The number of ether oxygens (including phenoxy) is 1. The Bertz CT molecular complexity index is 398. The number of nitrogens with zero attached hydrogens (tertiary/aromatic N) is 1. The molecule has 120 valence electrons. The average Bonchev–Trinajstić information content (AvgIpc) is 2.47. The fourth-order valence-electron chi connectivity index (χ4n) is 2.03. The van der Waals surface area contributed by atoms with E-state index in [0.717, 1.165) is 45.6 Å². The number of hydrogen-bond acceptors (Lipinski definition) is 3. The predicted molar refractivity (Wildman–Crippen MR) is 91.8 cm³/mol. The van der Waals surface area contributed by atoms with E-state index in [4.69, 9.17) is 27.9 Å². The number of rotatable bonds is 11. The lowest BCUT2D eigenvalue weighted by Gasteiger charge is -2.17. The summed E-state index contributed by atoms with van der Waals surface area (Å²) in [6, 6.07) is 5.30. The number of likely N-dealkylation sites (N-methyl/N-ethyl adjacent to an activating group) is 1. The van der Waals surface area contributed by atoms with E-state index in [1.54, 1.807) is 12.1 Å². The van der Waals surface area contributed by atoms with Crippen molar-refractivity contribution >= 4 is 23.2 Å². The van der Waals surface area contributed by atoms with E-state index in [9.17, 15) is 0 Å². The van der Waals surface area contributed by atoms with Crippen LogP contribution in [-0.4, -0.2) is 44.2 Å². The average molecular weight is 333 g/mol. The molecule has 0 saturated carbocycles. The molecule has 1 aromatic rings. The van der Waals surface area contributed by atoms with Crippen LogP contribution < -0.4 is 10.1 Å². The molecular weight excluding hydrogens is 307 g/mol. The highest BCUT2D eigenvalue weighted by Gasteiger charge is 2.02. The largest absolute Gasteiger partial charge is 0.492 e. The maximum atomic E-state index is 6.04. The number of nitrogens with one attached hydrogen (secondary N) is 1. The topological polar surface area (TPSA) is 24.5 Å². The standard InChI is InChI=1S/C16H26Cl2N2O/c1-3-20(4-2)11-10-19-9-5-6-12-21-16-8-7-14(17)13-15(16)18/h7-8,13,19H,3-6,9-12H2,1-2H3. The molecule has 0 atom stereocenters. The summed E-state index contributed by atoms with van der Waals surface area (Å²) in [4.78, 5) is 2.42. The predicted octanol–water partition coefficient (Wildman–Crippen LogP) is 4.08. The zero-order chi connectivity index (χ0) is 15.5. The molecule has 0 aliphatic carbocycles. The molecule has 0 heterocycles. The first-order valence-corrected chi connectivity index (χ1v) is 8.43. The van der Waals surface area contributed by atoms with Crippen LogP contribution in [0.5, 0.6) is 5.75 Å². The Kier molecular flexibility index (Phi) is 9.85. The summed E-state index contributed by atoms with van der Waals surface area (Å²) in [5, 5.41) is 4.66. The van der Waals surface area contributed by atoms with Gasteiger partial charge in [0.25, 0.3) is 0 Å². The molecule has 0 aromatic heterocycles. The maximum absolute atomic E-state index is 6.04. The highest BCUT2D eigenvalue weighted by Crippen LogP contribution is 2.27. The second-order valence-electron chi connectivity index (χ2n) is 4.91. The zero-order valence-corrected chi connectivity index (χ0v) is 14.5. The van der Waals surface area contributed by atoms with Crippen LogP contribution in [-0.2, 0) is 0 Å². The van der Waals surface area contributed by atoms with Gasteiger partial charge < -0.3 is 15.0 Å². The van der Waals surface area contributed by atoms with Crippen LogP contribution in [0.15, 0.2) is 18.2 Å². The van der Waals surface area contributed by atoms with Crippen molar-refractivity contribution in [2.45, 2.75) is 26.7 Å². The lowest BCUT2D eigenvalue weighted by Crippen LogP contribution is -2.32. The van der Waals surface area contributed by atoms with Gasteiger partial charge >= 0.3 is 0 Å². The van der Waals surface area contributed by atoms with Crippen molar-refractivity contribution in [2.24, 2.45) is 0 Å². The number of benzene rings is 1. The third-order valence-electron chi connectivity index (χ3n) is 3.40. The summed E-state index contributed by atoms with van der Waals surface area (Å²) in [6.07, 6.45) is 2.11. The van der Waals surface area contributed by atoms with Gasteiger partial charge in [-0.05, 0) is 50.7 Å². The van der Waals surface area contributed by atoms with Crippen LogP contribution in [0, 0.1) is 0 Å². The molecule has 1 rings (SSSR count). The van der Waals surface area contributed by atoms with Gasteiger partial charge in [-0.3, -0.25) is 0 Å². The molecule has 5 heteroatoms. The molecule has 0 aliphatic heterocycles. The summed E-state index contributed by atoms with van der Waals surface area (Å²) in [7, 11) is 0. The third-order valence-corrected chi connectivity index (χ3v) is 3.93. The molecule has 0 spiro atoms. The van der Waals surface area contributed by atoms with Crippen molar-refractivity contribution < 1.29 is 4.74 Å². The minimum atomic E-state index is 0.569. The third kappa shape index (κ3) is 7.91. The second kappa shape index (κ2) is 11.1. The van der Waals surface area contributed by atoms with Gasteiger partial charge in [0.1, 0.15) is 5.75 Å². The van der Waals surface area contributed by atoms with Crippen molar-refractivity contribution in [2.75, 3.05) is 39.3 Å². The van der Waals surface area contributed by atoms with Crippen LogP contribution in [0.4, 0.5) is 0 Å². The van der Waals surface area contributed by atoms with Crippen LogP contribution in [0.2, 0.25) is 10.0 Å². The Labute approximate surface area is 138 Å². The first-order valence-electron chi connectivity index (χ1n) is 7.68. The van der Waals surface area contributed by atoms with Gasteiger partial charge in [-0.2, -0.15) is 0 Å². The maximum Gasteiger partial charge on any atom is 0.137 e. The number of halogens is 2. The molecule has 0 bridgehead atoms. The molecule has 0 amide bonds. The lowest BCUT2D eigenvalue weighted by molar-refractivity contribution is 0.295. The van der Waals surface area contributed by atoms with Crippen molar-refractivity contribution in [1.82, 2.24) is 10.2 Å². The fourth-order valence-corrected chi connectivity index (χ4v) is 2.49. The summed E-state index contributed by atoms with van der Waals surface area (Å²) >= 11 is 11.9. The monoisotopic (exact) mass is 332 g/mol. The summed E-state index contributed by atoms with van der Waals surface area (Å²) in [6.45, 7) is 10.5. The molecule has 0 radical (unpaired) electrons. The van der Waals surface area contributed by atoms with Gasteiger partial charge in [-0.25, -0.2) is 0 Å². The van der Waals surface area contributed by atoms with Gasteiger partial charge in [0.2, 0.25) is 0 Å². The van der Waals surface area contributed by atoms with Gasteiger partial charge in [0, 0.05) is 18.1 Å². The molecule has 1 aromatic carbocycles. The second-order valence-corrected chi connectivity index (χ2v) is 5.75. The Hall–Kier alpha value is -0.480. The van der Waals surface area contributed by atoms with E-state index in [0.29, 0.717) is 22.4 Å². The van der Waals surface area contributed by atoms with E-state index >= 15 is 0 Å². The molecule has 0 aliphatic rings. The van der Waals surface area contributed by atoms with Crippen molar-refractivity contribution in [3.05, 3.63) is 28.2 Å². The summed E-state index contributed by atoms with van der Waals surface area (Å²) < 4.78 is 5.64. The Morgan fingerprint density at radius 1 is 1.10 bits per heavy atom. The zero-order valence-electron chi connectivity index (χ0n) is 13.0. The highest BCUT2D eigenvalue weighted by molar-refractivity contribution is 6.35. The molecule has 1 N–H and O–H groups in total. The molecule has 0 saturated heterocycles. The first kappa shape index (κ1) is 18.6. The number of unbranched alkanes of at least 4 members (excludes halogenated alkanes) is 1. The molecular formula is C16H26Cl2N2O. The SMILES string of the molecule is CCN(CC)CCNCCCCOc1ccc(Cl)cc1Cl. The van der Waals surface area contributed by atoms with Crippen molar-refractivity contribution in [3.63, 3.8) is 0 Å². The minimum absolute atomic E-state index is 0.569. The van der Waals surface area contributed by atoms with Crippen LogP contribution in [0.3, 0.4) is 0 Å². The van der Waals surface area contributed by atoms with Gasteiger partial charge in [-0.1, -0.05) is 37.0 Å². The first-order chi connectivity index (χ1) is 10.2. The summed E-state index contributed by atoms with van der Waals surface area (Å²) in [5.41, 5.74) is 0. The van der Waals surface area contributed by atoms with Gasteiger partial charge in [0.05, 0.1) is 11.6 Å². The van der Waals surface area contributed by atoms with Crippen molar-refractivity contribution in [3.8, 4) is 5.75 Å². The normalized spacial score (nSPS) is 11.1. The smallest absolute Gasteiger partial charge is 0.137 e. The molecule has 21 heavy (non-hydrogen) atoms.